The lowest BCUT2D eigenvalue weighted by Gasteiger charge is -2.30. The molecule has 176 valence electrons. The first kappa shape index (κ1) is 23.2. The van der Waals surface area contributed by atoms with Crippen molar-refractivity contribution in [2.45, 2.75) is 58.2 Å². The maximum absolute atomic E-state index is 13.5. The second kappa shape index (κ2) is 10.3. The highest BCUT2D eigenvalue weighted by atomic mass is 19.1. The van der Waals surface area contributed by atoms with Crippen molar-refractivity contribution in [3.63, 3.8) is 0 Å². The van der Waals surface area contributed by atoms with Gasteiger partial charge >= 0.3 is 0 Å². The quantitative estimate of drug-likeness (QED) is 0.702. The third-order valence-corrected chi connectivity index (χ3v) is 6.84. The number of halogens is 1. The first-order valence-corrected chi connectivity index (χ1v) is 12.2. The summed E-state index contributed by atoms with van der Waals surface area (Å²) in [5.41, 5.74) is 1.06. The van der Waals surface area contributed by atoms with E-state index in [9.17, 15) is 14.0 Å². The van der Waals surface area contributed by atoms with E-state index in [4.69, 9.17) is 0 Å². The van der Waals surface area contributed by atoms with Crippen LogP contribution in [0.2, 0.25) is 0 Å². The fourth-order valence-electron chi connectivity index (χ4n) is 5.03. The van der Waals surface area contributed by atoms with Crippen LogP contribution in [0, 0.1) is 17.7 Å². The van der Waals surface area contributed by atoms with Crippen molar-refractivity contribution in [2.75, 3.05) is 39.3 Å². The van der Waals surface area contributed by atoms with E-state index in [2.05, 4.69) is 24.1 Å². The number of nitrogens with one attached hydrogen (secondary N) is 1. The predicted octanol–water partition coefficient (Wildman–Crippen LogP) is 2.49. The van der Waals surface area contributed by atoms with Crippen LogP contribution in [0.5, 0.6) is 0 Å². The molecule has 2 amide bonds. The molecule has 2 saturated heterocycles. The summed E-state index contributed by atoms with van der Waals surface area (Å²) in [6.07, 6.45) is 3.51. The minimum absolute atomic E-state index is 0.102. The SMILES string of the molecule is CC(C)CN(Cc1ccc(F)cc1)C1CC(C(=O)N2CCCNCC2)N(C(=O)C2CC2)C1. The predicted molar refractivity (Wildman–Crippen MR) is 122 cm³/mol. The lowest BCUT2D eigenvalue weighted by Crippen LogP contribution is -2.49. The molecule has 1 aromatic carbocycles. The number of carbonyl (C=O) groups excluding carboxylic acids is 2. The number of benzene rings is 1. The normalized spacial score (nSPS) is 24.3. The molecule has 1 saturated carbocycles. The number of nitrogens with zero attached hydrogens (tertiary/aromatic N) is 3. The summed E-state index contributed by atoms with van der Waals surface area (Å²) in [5, 5.41) is 3.36. The van der Waals surface area contributed by atoms with Crippen LogP contribution in [0.3, 0.4) is 0 Å². The monoisotopic (exact) mass is 444 g/mol. The summed E-state index contributed by atoms with van der Waals surface area (Å²) in [6.45, 7) is 9.75. The highest BCUT2D eigenvalue weighted by Gasteiger charge is 2.46. The van der Waals surface area contributed by atoms with Gasteiger partial charge in [0.25, 0.3) is 0 Å². The Labute approximate surface area is 191 Å². The summed E-state index contributed by atoms with van der Waals surface area (Å²) in [7, 11) is 0. The van der Waals surface area contributed by atoms with E-state index in [0.29, 0.717) is 32.0 Å². The Morgan fingerprint density at radius 3 is 2.56 bits per heavy atom. The lowest BCUT2D eigenvalue weighted by molar-refractivity contribution is -0.144. The summed E-state index contributed by atoms with van der Waals surface area (Å²) in [6, 6.07) is 6.42. The van der Waals surface area contributed by atoms with E-state index in [1.807, 2.05) is 21.9 Å². The maximum Gasteiger partial charge on any atom is 0.245 e. The average Bonchev–Trinajstić information content (AvgIpc) is 3.57. The van der Waals surface area contributed by atoms with Gasteiger partial charge in [0.2, 0.25) is 11.8 Å². The average molecular weight is 445 g/mol. The Kier molecular flexibility index (Phi) is 7.46. The Balaban J connectivity index is 1.53. The van der Waals surface area contributed by atoms with Crippen molar-refractivity contribution in [3.05, 3.63) is 35.6 Å². The van der Waals surface area contributed by atoms with Crippen LogP contribution < -0.4 is 5.32 Å². The van der Waals surface area contributed by atoms with E-state index >= 15 is 0 Å². The zero-order valence-corrected chi connectivity index (χ0v) is 19.4. The molecule has 2 unspecified atom stereocenters. The molecule has 0 radical (unpaired) electrons. The molecular weight excluding hydrogens is 407 g/mol. The van der Waals surface area contributed by atoms with Crippen LogP contribution in [0.25, 0.3) is 0 Å². The molecule has 32 heavy (non-hydrogen) atoms. The standard InChI is InChI=1S/C25H37FN4O2/c1-18(2)15-29(16-19-4-8-21(26)9-5-19)22-14-23(30(17-22)24(31)20-6-7-20)25(32)28-12-3-10-27-11-13-28/h4-5,8-9,18,20,22-23,27H,3,6-7,10-17H2,1-2H3. The third-order valence-electron chi connectivity index (χ3n) is 6.84. The summed E-state index contributed by atoms with van der Waals surface area (Å²) in [4.78, 5) is 32.9. The van der Waals surface area contributed by atoms with Crippen molar-refractivity contribution < 1.29 is 14.0 Å². The number of hydrogen-bond acceptors (Lipinski definition) is 4. The smallest absolute Gasteiger partial charge is 0.245 e. The number of likely N-dealkylation sites (tertiary alicyclic amines) is 1. The van der Waals surface area contributed by atoms with E-state index in [1.54, 1.807) is 0 Å². The van der Waals surface area contributed by atoms with Crippen LogP contribution in [0.4, 0.5) is 4.39 Å². The van der Waals surface area contributed by atoms with Crippen molar-refractivity contribution in [1.29, 1.82) is 0 Å². The second-order valence-corrected chi connectivity index (χ2v) is 10.0. The molecule has 2 atom stereocenters. The van der Waals surface area contributed by atoms with Crippen molar-refractivity contribution >= 4 is 11.8 Å². The van der Waals surface area contributed by atoms with Gasteiger partial charge in [0.05, 0.1) is 0 Å². The first-order valence-electron chi connectivity index (χ1n) is 12.2. The summed E-state index contributed by atoms with van der Waals surface area (Å²) >= 11 is 0. The minimum Gasteiger partial charge on any atom is -0.340 e. The number of amides is 2. The zero-order chi connectivity index (χ0) is 22.7. The maximum atomic E-state index is 13.5. The molecular formula is C25H37FN4O2. The molecule has 6 nitrogen and oxygen atoms in total. The molecule has 1 aliphatic carbocycles. The Morgan fingerprint density at radius 2 is 1.88 bits per heavy atom. The number of carbonyl (C=O) groups is 2. The van der Waals surface area contributed by atoms with Gasteiger partial charge in [-0.1, -0.05) is 26.0 Å². The molecule has 3 fully saturated rings. The Morgan fingerprint density at radius 1 is 1.12 bits per heavy atom. The third kappa shape index (κ3) is 5.67. The molecule has 0 bridgehead atoms. The van der Waals surface area contributed by atoms with E-state index < -0.39 is 0 Å². The fourth-order valence-corrected chi connectivity index (χ4v) is 5.03. The van der Waals surface area contributed by atoms with Crippen molar-refractivity contribution in [3.8, 4) is 0 Å². The van der Waals surface area contributed by atoms with Crippen molar-refractivity contribution in [1.82, 2.24) is 20.0 Å². The molecule has 3 aliphatic rings. The van der Waals surface area contributed by atoms with E-state index in [1.165, 1.54) is 12.1 Å². The molecule has 1 N–H and O–H groups in total. The van der Waals surface area contributed by atoms with Gasteiger partial charge in [-0.05, 0) is 55.8 Å². The first-order chi connectivity index (χ1) is 15.4. The topological polar surface area (TPSA) is 55.9 Å². The van der Waals surface area contributed by atoms with Gasteiger partial charge in [0.15, 0.2) is 0 Å². The van der Waals surface area contributed by atoms with Crippen LogP contribution in [0.1, 0.15) is 45.1 Å². The summed E-state index contributed by atoms with van der Waals surface area (Å²) in [5.74, 6) is 0.588. The zero-order valence-electron chi connectivity index (χ0n) is 19.4. The molecule has 7 heteroatoms. The highest BCUT2D eigenvalue weighted by Crippen LogP contribution is 2.35. The van der Waals surface area contributed by atoms with Gasteiger partial charge in [-0.25, -0.2) is 4.39 Å². The molecule has 1 aromatic rings. The van der Waals surface area contributed by atoms with Gasteiger partial charge in [-0.3, -0.25) is 14.5 Å². The fraction of sp³-hybridized carbons (Fsp3) is 0.680. The number of hydrogen-bond donors (Lipinski definition) is 1. The summed E-state index contributed by atoms with van der Waals surface area (Å²) < 4.78 is 13.4. The van der Waals surface area contributed by atoms with Gasteiger partial charge in [-0.2, -0.15) is 0 Å². The van der Waals surface area contributed by atoms with Gasteiger partial charge in [0.1, 0.15) is 11.9 Å². The molecule has 0 aromatic heterocycles. The van der Waals surface area contributed by atoms with Gasteiger partial charge < -0.3 is 15.1 Å². The van der Waals surface area contributed by atoms with E-state index in [-0.39, 0.29) is 35.6 Å². The Hall–Kier alpha value is -1.99. The van der Waals surface area contributed by atoms with Gasteiger partial charge in [-0.15, -0.1) is 0 Å². The number of rotatable bonds is 7. The minimum atomic E-state index is -0.367. The largest absolute Gasteiger partial charge is 0.340 e. The van der Waals surface area contributed by atoms with Crippen LogP contribution >= 0.6 is 0 Å². The molecule has 4 rings (SSSR count). The van der Waals surface area contributed by atoms with Crippen LogP contribution in [0.15, 0.2) is 24.3 Å². The second-order valence-electron chi connectivity index (χ2n) is 10.0. The highest BCUT2D eigenvalue weighted by molar-refractivity contribution is 5.90. The molecule has 0 spiro atoms. The molecule has 2 aliphatic heterocycles. The van der Waals surface area contributed by atoms with Crippen LogP contribution in [-0.4, -0.2) is 77.9 Å². The van der Waals surface area contributed by atoms with E-state index in [0.717, 1.165) is 51.0 Å². The lowest BCUT2D eigenvalue weighted by atomic mass is 10.1. The Bertz CT molecular complexity index is 788. The molecule has 2 heterocycles. The van der Waals surface area contributed by atoms with Gasteiger partial charge in [0, 0.05) is 51.2 Å². The van der Waals surface area contributed by atoms with Crippen LogP contribution in [-0.2, 0) is 16.1 Å². The van der Waals surface area contributed by atoms with Crippen molar-refractivity contribution in [2.24, 2.45) is 11.8 Å².